The van der Waals surface area contributed by atoms with Gasteiger partial charge in [-0.3, -0.25) is 4.79 Å². The van der Waals surface area contributed by atoms with Gasteiger partial charge in [-0.05, 0) is 18.2 Å². The van der Waals surface area contributed by atoms with Crippen LogP contribution in [0.2, 0.25) is 5.02 Å². The average Bonchev–Trinajstić information content (AvgIpc) is 2.47. The Balaban J connectivity index is 2.94. The van der Waals surface area contributed by atoms with E-state index in [1.54, 1.807) is 25.3 Å². The fourth-order valence-electron chi connectivity index (χ4n) is 1.74. The van der Waals surface area contributed by atoms with Crippen molar-refractivity contribution in [3.8, 4) is 6.07 Å². The molecule has 0 spiro atoms. The topological polar surface area (TPSA) is 62.6 Å². The van der Waals surface area contributed by atoms with E-state index in [0.29, 0.717) is 36.0 Å². The SMILES string of the molecule is COCCN(CCC(=O)OC)c1cc(Cl)ccc1C#N. The molecule has 0 aromatic heterocycles. The number of esters is 1. The minimum atomic E-state index is -0.298. The third kappa shape index (κ3) is 4.72. The quantitative estimate of drug-likeness (QED) is 0.722. The van der Waals surface area contributed by atoms with Gasteiger partial charge in [0.05, 0.1) is 31.4 Å². The summed E-state index contributed by atoms with van der Waals surface area (Å²) in [5.41, 5.74) is 1.20. The highest BCUT2D eigenvalue weighted by Crippen LogP contribution is 2.24. The summed E-state index contributed by atoms with van der Waals surface area (Å²) in [7, 11) is 2.95. The molecule has 0 atom stereocenters. The average molecular weight is 297 g/mol. The lowest BCUT2D eigenvalue weighted by atomic mass is 10.1. The lowest BCUT2D eigenvalue weighted by Crippen LogP contribution is -2.30. The molecule has 0 fully saturated rings. The Morgan fingerprint density at radius 2 is 2.15 bits per heavy atom. The summed E-state index contributed by atoms with van der Waals surface area (Å²) in [6.45, 7) is 1.48. The van der Waals surface area contributed by atoms with Crippen molar-refractivity contribution in [2.45, 2.75) is 6.42 Å². The van der Waals surface area contributed by atoms with Crippen molar-refractivity contribution in [1.29, 1.82) is 5.26 Å². The summed E-state index contributed by atoms with van der Waals surface area (Å²) >= 11 is 5.98. The van der Waals surface area contributed by atoms with Gasteiger partial charge >= 0.3 is 5.97 Å². The van der Waals surface area contributed by atoms with Crippen LogP contribution >= 0.6 is 11.6 Å². The number of carbonyl (C=O) groups excluding carboxylic acids is 1. The second kappa shape index (κ2) is 8.41. The standard InChI is InChI=1S/C14H17ClN2O3/c1-19-8-7-17(6-5-14(18)20-2)13-9-12(15)4-3-11(13)10-16/h3-4,9H,5-8H2,1-2H3. The van der Waals surface area contributed by atoms with Gasteiger partial charge in [-0.15, -0.1) is 0 Å². The molecule has 1 aromatic rings. The number of nitriles is 1. The van der Waals surface area contributed by atoms with Crippen molar-refractivity contribution < 1.29 is 14.3 Å². The molecule has 0 saturated heterocycles. The number of hydrogen-bond donors (Lipinski definition) is 0. The van der Waals surface area contributed by atoms with Crippen LogP contribution in [0.4, 0.5) is 5.69 Å². The van der Waals surface area contributed by atoms with Crippen LogP contribution in [0.5, 0.6) is 0 Å². The monoisotopic (exact) mass is 296 g/mol. The maximum atomic E-state index is 11.3. The third-order valence-corrected chi connectivity index (χ3v) is 3.03. The first-order valence-electron chi connectivity index (χ1n) is 6.12. The van der Waals surface area contributed by atoms with Crippen molar-refractivity contribution >= 4 is 23.3 Å². The Hall–Kier alpha value is -1.77. The van der Waals surface area contributed by atoms with Crippen LogP contribution in [-0.4, -0.2) is 39.9 Å². The minimum absolute atomic E-state index is 0.234. The number of ether oxygens (including phenoxy) is 2. The summed E-state index contributed by atoms with van der Waals surface area (Å²) in [5, 5.41) is 9.71. The predicted octanol–water partition coefficient (Wildman–Crippen LogP) is 2.23. The van der Waals surface area contributed by atoms with E-state index >= 15 is 0 Å². The molecule has 20 heavy (non-hydrogen) atoms. The zero-order valence-electron chi connectivity index (χ0n) is 11.6. The van der Waals surface area contributed by atoms with Gasteiger partial charge in [-0.1, -0.05) is 11.6 Å². The summed E-state index contributed by atoms with van der Waals surface area (Å²) in [6, 6.07) is 7.17. The van der Waals surface area contributed by atoms with E-state index in [0.717, 1.165) is 0 Å². The van der Waals surface area contributed by atoms with Crippen molar-refractivity contribution in [1.82, 2.24) is 0 Å². The van der Waals surface area contributed by atoms with Gasteiger partial charge in [0.15, 0.2) is 0 Å². The summed E-state index contributed by atoms with van der Waals surface area (Å²) in [6.07, 6.45) is 0.234. The van der Waals surface area contributed by atoms with Crippen LogP contribution < -0.4 is 4.90 Å². The number of benzene rings is 1. The molecular formula is C14H17ClN2O3. The molecule has 5 nitrogen and oxygen atoms in total. The molecule has 0 unspecified atom stereocenters. The number of nitrogens with zero attached hydrogens (tertiary/aromatic N) is 2. The van der Waals surface area contributed by atoms with Crippen molar-refractivity contribution in [2.24, 2.45) is 0 Å². The molecule has 0 aliphatic heterocycles. The maximum absolute atomic E-state index is 11.3. The van der Waals surface area contributed by atoms with Gasteiger partial charge in [-0.2, -0.15) is 5.26 Å². The second-order valence-corrected chi connectivity index (χ2v) is 4.52. The Labute approximate surface area is 123 Å². The van der Waals surface area contributed by atoms with Crippen LogP contribution in [0, 0.1) is 11.3 Å². The van der Waals surface area contributed by atoms with Gasteiger partial charge < -0.3 is 14.4 Å². The second-order valence-electron chi connectivity index (χ2n) is 4.08. The number of rotatable bonds is 7. The molecular weight excluding hydrogens is 280 g/mol. The number of anilines is 1. The lowest BCUT2D eigenvalue weighted by Gasteiger charge is -2.25. The molecule has 0 aliphatic rings. The number of methoxy groups -OCH3 is 2. The van der Waals surface area contributed by atoms with E-state index < -0.39 is 0 Å². The smallest absolute Gasteiger partial charge is 0.307 e. The number of carbonyl (C=O) groups is 1. The molecule has 0 bridgehead atoms. The third-order valence-electron chi connectivity index (χ3n) is 2.80. The summed E-state index contributed by atoms with van der Waals surface area (Å²) in [4.78, 5) is 13.2. The molecule has 1 aromatic carbocycles. The zero-order chi connectivity index (χ0) is 15.0. The highest BCUT2D eigenvalue weighted by Gasteiger charge is 2.14. The molecule has 108 valence electrons. The van der Waals surface area contributed by atoms with Crippen LogP contribution in [-0.2, 0) is 14.3 Å². The van der Waals surface area contributed by atoms with E-state index in [-0.39, 0.29) is 12.4 Å². The Bertz CT molecular complexity index is 500. The van der Waals surface area contributed by atoms with Crippen molar-refractivity contribution in [3.63, 3.8) is 0 Å². The highest BCUT2D eigenvalue weighted by atomic mass is 35.5. The minimum Gasteiger partial charge on any atom is -0.469 e. The Morgan fingerprint density at radius 3 is 2.75 bits per heavy atom. The predicted molar refractivity (Wildman–Crippen MR) is 76.9 cm³/mol. The first kappa shape index (κ1) is 16.3. The molecule has 1 rings (SSSR count). The van der Waals surface area contributed by atoms with Crippen LogP contribution in [0.1, 0.15) is 12.0 Å². The lowest BCUT2D eigenvalue weighted by molar-refractivity contribution is -0.140. The fraction of sp³-hybridized carbons (Fsp3) is 0.429. The largest absolute Gasteiger partial charge is 0.469 e. The van der Waals surface area contributed by atoms with Gasteiger partial charge in [0, 0.05) is 25.2 Å². The van der Waals surface area contributed by atoms with Crippen LogP contribution in [0.25, 0.3) is 0 Å². The van der Waals surface area contributed by atoms with Gasteiger partial charge in [0.25, 0.3) is 0 Å². The first-order valence-corrected chi connectivity index (χ1v) is 6.50. The summed E-state index contributed by atoms with van der Waals surface area (Å²) in [5.74, 6) is -0.298. The highest BCUT2D eigenvalue weighted by molar-refractivity contribution is 6.30. The van der Waals surface area contributed by atoms with E-state index in [1.807, 2.05) is 4.90 Å². The van der Waals surface area contributed by atoms with E-state index in [2.05, 4.69) is 10.8 Å². The summed E-state index contributed by atoms with van der Waals surface area (Å²) < 4.78 is 9.69. The molecule has 0 N–H and O–H groups in total. The normalized spacial score (nSPS) is 9.90. The molecule has 0 amide bonds. The first-order chi connectivity index (χ1) is 9.62. The van der Waals surface area contributed by atoms with E-state index in [4.69, 9.17) is 21.6 Å². The van der Waals surface area contributed by atoms with E-state index in [9.17, 15) is 4.79 Å². The number of halogens is 1. The molecule has 0 aliphatic carbocycles. The Morgan fingerprint density at radius 1 is 1.40 bits per heavy atom. The van der Waals surface area contributed by atoms with Gasteiger partial charge in [-0.25, -0.2) is 0 Å². The van der Waals surface area contributed by atoms with E-state index in [1.165, 1.54) is 7.11 Å². The van der Waals surface area contributed by atoms with Crippen molar-refractivity contribution in [2.75, 3.05) is 38.8 Å². The van der Waals surface area contributed by atoms with Gasteiger partial charge in [0.2, 0.25) is 0 Å². The van der Waals surface area contributed by atoms with Crippen LogP contribution in [0.3, 0.4) is 0 Å². The number of hydrogen-bond acceptors (Lipinski definition) is 5. The zero-order valence-corrected chi connectivity index (χ0v) is 12.3. The molecule has 0 heterocycles. The maximum Gasteiger partial charge on any atom is 0.307 e. The molecule has 0 saturated carbocycles. The Kier molecular flexibility index (Phi) is 6.85. The molecule has 0 radical (unpaired) electrons. The van der Waals surface area contributed by atoms with Crippen molar-refractivity contribution in [3.05, 3.63) is 28.8 Å². The van der Waals surface area contributed by atoms with Gasteiger partial charge in [0.1, 0.15) is 6.07 Å². The molecule has 6 heteroatoms. The fourth-order valence-corrected chi connectivity index (χ4v) is 1.91. The van der Waals surface area contributed by atoms with Crippen LogP contribution in [0.15, 0.2) is 18.2 Å².